The third-order valence-electron chi connectivity index (χ3n) is 2.00. The molecule has 0 aliphatic rings. The highest BCUT2D eigenvalue weighted by Gasteiger charge is 2.04. The van der Waals surface area contributed by atoms with Gasteiger partial charge in [0.1, 0.15) is 5.82 Å². The minimum absolute atomic E-state index is 0.385. The summed E-state index contributed by atoms with van der Waals surface area (Å²) in [6, 6.07) is 3.82. The molecule has 72 valence electrons. The van der Waals surface area contributed by atoms with Gasteiger partial charge in [0, 0.05) is 20.3 Å². The van der Waals surface area contributed by atoms with E-state index in [4.69, 9.17) is 0 Å². The van der Waals surface area contributed by atoms with Crippen LogP contribution in [0.25, 0.3) is 0 Å². The first kappa shape index (κ1) is 9.99. The van der Waals surface area contributed by atoms with Gasteiger partial charge >= 0.3 is 0 Å². The molecule has 1 unspecified atom stereocenters. The summed E-state index contributed by atoms with van der Waals surface area (Å²) in [5.41, 5.74) is 0.883. The van der Waals surface area contributed by atoms with Crippen molar-refractivity contribution in [2.24, 2.45) is 0 Å². The van der Waals surface area contributed by atoms with Gasteiger partial charge in [-0.15, -0.1) is 0 Å². The Bertz CT molecular complexity index is 256. The van der Waals surface area contributed by atoms with Gasteiger partial charge in [-0.3, -0.25) is 0 Å². The van der Waals surface area contributed by atoms with E-state index < -0.39 is 0 Å². The fourth-order valence-corrected chi connectivity index (χ4v) is 1.09. The Morgan fingerprint density at radius 1 is 1.46 bits per heavy atom. The van der Waals surface area contributed by atoms with E-state index in [1.807, 2.05) is 38.1 Å². The summed E-state index contributed by atoms with van der Waals surface area (Å²) in [7, 11) is 3.89. The van der Waals surface area contributed by atoms with Gasteiger partial charge in [-0.2, -0.15) is 0 Å². The Labute approximate surface area is 79.0 Å². The van der Waals surface area contributed by atoms with Gasteiger partial charge in [0.15, 0.2) is 0 Å². The number of aliphatic hydroxyl groups excluding tert-OH is 1. The van der Waals surface area contributed by atoms with Crippen LogP contribution in [-0.4, -0.2) is 24.2 Å². The van der Waals surface area contributed by atoms with Crippen LogP contribution >= 0.6 is 0 Å². The number of aromatic nitrogens is 1. The molecule has 1 heterocycles. The smallest absolute Gasteiger partial charge is 0.127 e. The van der Waals surface area contributed by atoms with E-state index in [-0.39, 0.29) is 6.10 Å². The van der Waals surface area contributed by atoms with Crippen molar-refractivity contribution in [3.8, 4) is 0 Å². The first-order valence-corrected chi connectivity index (χ1v) is 4.46. The molecular formula is C10H16N2O. The van der Waals surface area contributed by atoms with Crippen molar-refractivity contribution < 1.29 is 5.11 Å². The first-order chi connectivity index (χ1) is 6.15. The Morgan fingerprint density at radius 3 is 2.54 bits per heavy atom. The Balaban J connectivity index is 2.81. The SMILES string of the molecule is CCC(O)c1ccc(N(C)C)nc1. The minimum atomic E-state index is -0.385. The standard InChI is InChI=1S/C10H16N2O/c1-4-9(13)8-5-6-10(11-7-8)12(2)3/h5-7,9,13H,4H2,1-3H3. The third-order valence-corrected chi connectivity index (χ3v) is 2.00. The fraction of sp³-hybridized carbons (Fsp3) is 0.500. The predicted molar refractivity (Wildman–Crippen MR) is 53.8 cm³/mol. The Hall–Kier alpha value is -1.09. The molecule has 3 nitrogen and oxygen atoms in total. The molecule has 1 aromatic heterocycles. The summed E-state index contributed by atoms with van der Waals surface area (Å²) >= 11 is 0. The van der Waals surface area contributed by atoms with Crippen LogP contribution in [0.1, 0.15) is 25.0 Å². The Kier molecular flexibility index (Phi) is 3.25. The lowest BCUT2D eigenvalue weighted by atomic mass is 10.1. The van der Waals surface area contributed by atoms with Crippen LogP contribution in [0.2, 0.25) is 0 Å². The van der Waals surface area contributed by atoms with Crippen LogP contribution < -0.4 is 4.90 Å². The zero-order valence-corrected chi connectivity index (χ0v) is 8.36. The topological polar surface area (TPSA) is 36.4 Å². The molecule has 0 aliphatic heterocycles. The molecule has 0 amide bonds. The highest BCUT2D eigenvalue weighted by molar-refractivity contribution is 5.37. The largest absolute Gasteiger partial charge is 0.388 e. The maximum Gasteiger partial charge on any atom is 0.127 e. The zero-order chi connectivity index (χ0) is 9.84. The van der Waals surface area contributed by atoms with Crippen LogP contribution in [-0.2, 0) is 0 Å². The molecule has 1 aromatic rings. The van der Waals surface area contributed by atoms with Gasteiger partial charge in [-0.25, -0.2) is 4.98 Å². The summed E-state index contributed by atoms with van der Waals surface area (Å²) in [5.74, 6) is 0.909. The van der Waals surface area contributed by atoms with Gasteiger partial charge in [-0.05, 0) is 18.1 Å². The molecule has 1 rings (SSSR count). The second-order valence-corrected chi connectivity index (χ2v) is 3.27. The van der Waals surface area contributed by atoms with Crippen molar-refractivity contribution in [3.63, 3.8) is 0 Å². The molecular weight excluding hydrogens is 164 g/mol. The predicted octanol–water partition coefficient (Wildman–Crippen LogP) is 1.59. The summed E-state index contributed by atoms with van der Waals surface area (Å²) < 4.78 is 0. The molecule has 0 radical (unpaired) electrons. The summed E-state index contributed by atoms with van der Waals surface area (Å²) in [6.45, 7) is 1.95. The number of rotatable bonds is 3. The molecule has 1 N–H and O–H groups in total. The van der Waals surface area contributed by atoms with Crippen molar-refractivity contribution in [3.05, 3.63) is 23.9 Å². The van der Waals surface area contributed by atoms with E-state index >= 15 is 0 Å². The quantitative estimate of drug-likeness (QED) is 0.767. The lowest BCUT2D eigenvalue weighted by molar-refractivity contribution is 0.173. The molecule has 1 atom stereocenters. The first-order valence-electron chi connectivity index (χ1n) is 4.46. The van der Waals surface area contributed by atoms with Crippen LogP contribution in [0.4, 0.5) is 5.82 Å². The molecule has 0 aliphatic carbocycles. The van der Waals surface area contributed by atoms with Crippen LogP contribution in [0, 0.1) is 0 Å². The van der Waals surface area contributed by atoms with E-state index in [1.54, 1.807) is 6.20 Å². The minimum Gasteiger partial charge on any atom is -0.388 e. The van der Waals surface area contributed by atoms with Crippen LogP contribution in [0.15, 0.2) is 18.3 Å². The number of nitrogens with zero attached hydrogens (tertiary/aromatic N) is 2. The van der Waals surface area contributed by atoms with Crippen molar-refractivity contribution in [1.29, 1.82) is 0 Å². The number of hydrogen-bond acceptors (Lipinski definition) is 3. The van der Waals surface area contributed by atoms with Crippen molar-refractivity contribution in [1.82, 2.24) is 4.98 Å². The van der Waals surface area contributed by atoms with Crippen LogP contribution in [0.5, 0.6) is 0 Å². The summed E-state index contributed by atoms with van der Waals surface area (Å²) in [5, 5.41) is 9.51. The van der Waals surface area contributed by atoms with Gasteiger partial charge in [0.25, 0.3) is 0 Å². The van der Waals surface area contributed by atoms with E-state index in [9.17, 15) is 5.11 Å². The highest BCUT2D eigenvalue weighted by atomic mass is 16.3. The maximum absolute atomic E-state index is 9.51. The highest BCUT2D eigenvalue weighted by Crippen LogP contribution is 2.16. The average molecular weight is 180 g/mol. The van der Waals surface area contributed by atoms with Crippen LogP contribution in [0.3, 0.4) is 0 Å². The monoisotopic (exact) mass is 180 g/mol. The van der Waals surface area contributed by atoms with Crippen molar-refractivity contribution in [2.75, 3.05) is 19.0 Å². The molecule has 0 bridgehead atoms. The normalized spacial score (nSPS) is 12.6. The molecule has 0 spiro atoms. The zero-order valence-electron chi connectivity index (χ0n) is 8.36. The lowest BCUT2D eigenvalue weighted by Gasteiger charge is -2.12. The summed E-state index contributed by atoms with van der Waals surface area (Å²) in [6.07, 6.45) is 2.07. The Morgan fingerprint density at radius 2 is 2.15 bits per heavy atom. The molecule has 13 heavy (non-hydrogen) atoms. The second kappa shape index (κ2) is 4.23. The lowest BCUT2D eigenvalue weighted by Crippen LogP contribution is -2.10. The van der Waals surface area contributed by atoms with E-state index in [1.165, 1.54) is 0 Å². The van der Waals surface area contributed by atoms with E-state index in [2.05, 4.69) is 4.98 Å². The molecule has 0 aromatic carbocycles. The third kappa shape index (κ3) is 2.42. The van der Waals surface area contributed by atoms with Gasteiger partial charge in [-0.1, -0.05) is 13.0 Å². The molecule has 0 saturated carbocycles. The van der Waals surface area contributed by atoms with Crippen molar-refractivity contribution >= 4 is 5.82 Å². The van der Waals surface area contributed by atoms with E-state index in [0.717, 1.165) is 17.8 Å². The van der Waals surface area contributed by atoms with Gasteiger partial charge in [0.05, 0.1) is 6.10 Å². The molecule has 0 fully saturated rings. The number of anilines is 1. The van der Waals surface area contributed by atoms with E-state index in [0.29, 0.717) is 0 Å². The molecule has 0 saturated heterocycles. The fourth-order valence-electron chi connectivity index (χ4n) is 1.09. The van der Waals surface area contributed by atoms with Gasteiger partial charge < -0.3 is 10.0 Å². The number of aliphatic hydroxyl groups is 1. The van der Waals surface area contributed by atoms with Gasteiger partial charge in [0.2, 0.25) is 0 Å². The average Bonchev–Trinajstić information content (AvgIpc) is 2.17. The number of hydrogen-bond donors (Lipinski definition) is 1. The summed E-state index contributed by atoms with van der Waals surface area (Å²) in [4.78, 5) is 6.15. The van der Waals surface area contributed by atoms with Crippen molar-refractivity contribution in [2.45, 2.75) is 19.4 Å². The second-order valence-electron chi connectivity index (χ2n) is 3.27. The maximum atomic E-state index is 9.51. The molecule has 3 heteroatoms. The number of pyridine rings is 1.